The summed E-state index contributed by atoms with van der Waals surface area (Å²) in [6.07, 6.45) is 0. The third-order valence-corrected chi connectivity index (χ3v) is 3.33. The lowest BCUT2D eigenvalue weighted by molar-refractivity contribution is 0.381. The number of aryl methyl sites for hydroxylation is 1. The Bertz CT molecular complexity index is 569. The van der Waals surface area contributed by atoms with Gasteiger partial charge in [0.2, 0.25) is 0 Å². The van der Waals surface area contributed by atoms with Crippen molar-refractivity contribution in [3.8, 4) is 17.1 Å². The number of rotatable bonds is 2. The maximum Gasteiger partial charge on any atom is 0.177 e. The number of ether oxygens (including phenoxy) is 1. The second-order valence-electron chi connectivity index (χ2n) is 3.52. The van der Waals surface area contributed by atoms with Gasteiger partial charge in [0, 0.05) is 6.07 Å². The summed E-state index contributed by atoms with van der Waals surface area (Å²) in [5, 5.41) is 3.53. The molecule has 0 unspecified atom stereocenters. The Balaban J connectivity index is 2.67. The number of methoxy groups -OCH3 is 1. The van der Waals surface area contributed by atoms with Gasteiger partial charge in [0.05, 0.1) is 17.1 Å². The SMILES string of the molecule is COc1c(F)c(-c2cc(N)no2)cc(C)c1Br. The zero-order valence-electron chi connectivity index (χ0n) is 9.25. The molecule has 0 radical (unpaired) electrons. The summed E-state index contributed by atoms with van der Waals surface area (Å²) in [6, 6.07) is 3.10. The fourth-order valence-electron chi connectivity index (χ4n) is 1.52. The molecule has 90 valence electrons. The largest absolute Gasteiger partial charge is 0.492 e. The van der Waals surface area contributed by atoms with E-state index in [9.17, 15) is 4.39 Å². The van der Waals surface area contributed by atoms with Crippen molar-refractivity contribution >= 4 is 21.7 Å². The molecule has 0 atom stereocenters. The van der Waals surface area contributed by atoms with E-state index in [2.05, 4.69) is 21.1 Å². The first kappa shape index (κ1) is 11.9. The highest BCUT2D eigenvalue weighted by molar-refractivity contribution is 9.10. The molecule has 0 fully saturated rings. The van der Waals surface area contributed by atoms with Crippen LogP contribution in [-0.4, -0.2) is 12.3 Å². The molecule has 4 nitrogen and oxygen atoms in total. The maximum atomic E-state index is 14.1. The van der Waals surface area contributed by atoms with Gasteiger partial charge in [-0.1, -0.05) is 5.16 Å². The van der Waals surface area contributed by atoms with Crippen LogP contribution in [0.2, 0.25) is 0 Å². The van der Waals surface area contributed by atoms with Gasteiger partial charge in [0.1, 0.15) is 0 Å². The summed E-state index contributed by atoms with van der Waals surface area (Å²) in [5.41, 5.74) is 6.53. The molecule has 0 spiro atoms. The molecule has 17 heavy (non-hydrogen) atoms. The van der Waals surface area contributed by atoms with E-state index in [4.69, 9.17) is 15.0 Å². The standard InChI is InChI=1S/C11H10BrFN2O2/c1-5-3-6(7-4-8(14)15-17-7)10(13)11(16-2)9(5)12/h3-4H,1-2H3,(H2,14,15). The third kappa shape index (κ3) is 2.00. The van der Waals surface area contributed by atoms with Crippen molar-refractivity contribution in [3.63, 3.8) is 0 Å². The molecule has 0 aliphatic rings. The topological polar surface area (TPSA) is 61.3 Å². The maximum absolute atomic E-state index is 14.1. The number of benzene rings is 1. The highest BCUT2D eigenvalue weighted by atomic mass is 79.9. The van der Waals surface area contributed by atoms with E-state index in [-0.39, 0.29) is 22.9 Å². The lowest BCUT2D eigenvalue weighted by Gasteiger charge is -2.10. The highest BCUT2D eigenvalue weighted by Gasteiger charge is 2.19. The van der Waals surface area contributed by atoms with E-state index in [0.29, 0.717) is 4.47 Å². The molecule has 0 bridgehead atoms. The number of nitrogens with two attached hydrogens (primary N) is 1. The Labute approximate surface area is 106 Å². The van der Waals surface area contributed by atoms with Crippen LogP contribution in [0.15, 0.2) is 21.1 Å². The van der Waals surface area contributed by atoms with E-state index in [1.54, 1.807) is 6.07 Å². The first-order valence-corrected chi connectivity index (χ1v) is 5.59. The average molecular weight is 301 g/mol. The second kappa shape index (κ2) is 4.37. The predicted molar refractivity (Wildman–Crippen MR) is 65.3 cm³/mol. The molecule has 2 aromatic rings. The molecule has 1 heterocycles. The molecule has 2 rings (SSSR count). The van der Waals surface area contributed by atoms with Crippen LogP contribution < -0.4 is 10.5 Å². The summed E-state index contributed by atoms with van der Waals surface area (Å²) < 4.78 is 24.7. The minimum Gasteiger partial charge on any atom is -0.492 e. The summed E-state index contributed by atoms with van der Waals surface area (Å²) in [4.78, 5) is 0. The van der Waals surface area contributed by atoms with Crippen molar-refractivity contribution in [1.82, 2.24) is 5.16 Å². The fraction of sp³-hybridized carbons (Fsp3) is 0.182. The molecule has 0 aliphatic carbocycles. The van der Waals surface area contributed by atoms with E-state index >= 15 is 0 Å². The van der Waals surface area contributed by atoms with Crippen LogP contribution in [0, 0.1) is 12.7 Å². The van der Waals surface area contributed by atoms with Crippen molar-refractivity contribution in [3.05, 3.63) is 28.0 Å². The molecule has 0 saturated carbocycles. The number of hydrogen-bond acceptors (Lipinski definition) is 4. The molecule has 0 amide bonds. The third-order valence-electron chi connectivity index (χ3n) is 2.34. The van der Waals surface area contributed by atoms with Gasteiger partial charge < -0.3 is 15.0 Å². The van der Waals surface area contributed by atoms with E-state index in [0.717, 1.165) is 5.56 Å². The van der Waals surface area contributed by atoms with Crippen LogP contribution in [0.5, 0.6) is 5.75 Å². The van der Waals surface area contributed by atoms with Gasteiger partial charge in [0.15, 0.2) is 23.1 Å². The molecule has 0 aliphatic heterocycles. The molecule has 2 N–H and O–H groups in total. The summed E-state index contributed by atoms with van der Waals surface area (Å²) >= 11 is 3.27. The summed E-state index contributed by atoms with van der Waals surface area (Å²) in [6.45, 7) is 1.83. The highest BCUT2D eigenvalue weighted by Crippen LogP contribution is 2.38. The Morgan fingerprint density at radius 3 is 2.71 bits per heavy atom. The lowest BCUT2D eigenvalue weighted by atomic mass is 10.1. The first-order valence-electron chi connectivity index (χ1n) is 4.79. The number of aromatic nitrogens is 1. The monoisotopic (exact) mass is 300 g/mol. The zero-order valence-corrected chi connectivity index (χ0v) is 10.8. The first-order chi connectivity index (χ1) is 8.04. The molecular weight excluding hydrogens is 291 g/mol. The summed E-state index contributed by atoms with van der Waals surface area (Å²) in [5.74, 6) is 0.101. The number of anilines is 1. The second-order valence-corrected chi connectivity index (χ2v) is 4.31. The van der Waals surface area contributed by atoms with Gasteiger partial charge in [-0.05, 0) is 34.5 Å². The van der Waals surface area contributed by atoms with Crippen molar-refractivity contribution in [2.24, 2.45) is 0 Å². The van der Waals surface area contributed by atoms with E-state index in [1.807, 2.05) is 6.92 Å². The van der Waals surface area contributed by atoms with Gasteiger partial charge in [-0.25, -0.2) is 4.39 Å². The number of nitrogens with zero attached hydrogens (tertiary/aromatic N) is 1. The van der Waals surface area contributed by atoms with Crippen molar-refractivity contribution in [2.45, 2.75) is 6.92 Å². The Hall–Kier alpha value is -1.56. The average Bonchev–Trinajstić information content (AvgIpc) is 2.71. The minimum absolute atomic E-state index is 0.134. The number of halogens is 2. The quantitative estimate of drug-likeness (QED) is 0.925. The molecule has 1 aromatic heterocycles. The molecule has 1 aromatic carbocycles. The molecule has 0 saturated heterocycles. The fourth-order valence-corrected chi connectivity index (χ4v) is 1.97. The summed E-state index contributed by atoms with van der Waals surface area (Å²) in [7, 11) is 1.40. The van der Waals surface area contributed by atoms with Crippen molar-refractivity contribution in [2.75, 3.05) is 12.8 Å². The number of nitrogen functional groups attached to an aromatic ring is 1. The normalized spacial score (nSPS) is 10.6. The van der Waals surface area contributed by atoms with Crippen LogP contribution in [0.3, 0.4) is 0 Å². The van der Waals surface area contributed by atoms with Crippen LogP contribution >= 0.6 is 15.9 Å². The Morgan fingerprint density at radius 1 is 1.47 bits per heavy atom. The van der Waals surface area contributed by atoms with Gasteiger partial charge in [-0.15, -0.1) is 0 Å². The van der Waals surface area contributed by atoms with Gasteiger partial charge in [-0.3, -0.25) is 0 Å². The Kier molecular flexibility index (Phi) is 3.06. The van der Waals surface area contributed by atoms with Gasteiger partial charge in [-0.2, -0.15) is 0 Å². The smallest absolute Gasteiger partial charge is 0.177 e. The zero-order chi connectivity index (χ0) is 12.6. The van der Waals surface area contributed by atoms with Crippen molar-refractivity contribution < 1.29 is 13.7 Å². The number of hydrogen-bond donors (Lipinski definition) is 1. The van der Waals surface area contributed by atoms with Crippen LogP contribution in [0.4, 0.5) is 10.2 Å². The Morgan fingerprint density at radius 2 is 2.18 bits per heavy atom. The van der Waals surface area contributed by atoms with Gasteiger partial charge >= 0.3 is 0 Å². The van der Waals surface area contributed by atoms with Gasteiger partial charge in [0.25, 0.3) is 0 Å². The van der Waals surface area contributed by atoms with Crippen LogP contribution in [0.25, 0.3) is 11.3 Å². The van der Waals surface area contributed by atoms with Crippen LogP contribution in [-0.2, 0) is 0 Å². The minimum atomic E-state index is -0.513. The van der Waals surface area contributed by atoms with Crippen LogP contribution in [0.1, 0.15) is 5.56 Å². The molecule has 6 heteroatoms. The van der Waals surface area contributed by atoms with Crippen molar-refractivity contribution in [1.29, 1.82) is 0 Å². The van der Waals surface area contributed by atoms with E-state index < -0.39 is 5.82 Å². The predicted octanol–water partition coefficient (Wildman–Crippen LogP) is 3.14. The lowest BCUT2D eigenvalue weighted by Crippen LogP contribution is -1.95. The van der Waals surface area contributed by atoms with E-state index in [1.165, 1.54) is 13.2 Å². The molecular formula is C11H10BrFN2O2.